The van der Waals surface area contributed by atoms with Crippen molar-refractivity contribution in [3.05, 3.63) is 0 Å². The average molecular weight is 201 g/mol. The van der Waals surface area contributed by atoms with E-state index in [4.69, 9.17) is 5.73 Å². The quantitative estimate of drug-likeness (QED) is 0.618. The molecule has 1 atom stereocenters. The SMILES string of the molecule is CCNC(=O)CN(CC)C(=O)[C@H](C)N. The van der Waals surface area contributed by atoms with Gasteiger partial charge >= 0.3 is 0 Å². The molecule has 0 aromatic heterocycles. The molecule has 2 amide bonds. The molecule has 5 nitrogen and oxygen atoms in total. The lowest BCUT2D eigenvalue weighted by Gasteiger charge is -2.21. The highest BCUT2D eigenvalue weighted by atomic mass is 16.2. The first-order chi connectivity index (χ1) is 6.52. The molecule has 0 heterocycles. The van der Waals surface area contributed by atoms with Crippen LogP contribution in [-0.4, -0.2) is 42.4 Å². The summed E-state index contributed by atoms with van der Waals surface area (Å²) in [6.45, 7) is 6.43. The van der Waals surface area contributed by atoms with Crippen molar-refractivity contribution in [1.82, 2.24) is 10.2 Å². The van der Waals surface area contributed by atoms with Gasteiger partial charge in [-0.05, 0) is 20.8 Å². The Morgan fingerprint density at radius 3 is 2.36 bits per heavy atom. The number of carbonyl (C=O) groups is 2. The third-order valence-corrected chi connectivity index (χ3v) is 1.79. The van der Waals surface area contributed by atoms with Crippen molar-refractivity contribution in [2.24, 2.45) is 5.73 Å². The minimum absolute atomic E-state index is 0.0880. The second-order valence-corrected chi connectivity index (χ2v) is 3.09. The molecule has 0 fully saturated rings. The van der Waals surface area contributed by atoms with Gasteiger partial charge in [0.2, 0.25) is 11.8 Å². The van der Waals surface area contributed by atoms with Gasteiger partial charge in [-0.3, -0.25) is 9.59 Å². The van der Waals surface area contributed by atoms with Crippen LogP contribution in [0.15, 0.2) is 0 Å². The highest BCUT2D eigenvalue weighted by Gasteiger charge is 2.17. The zero-order valence-electron chi connectivity index (χ0n) is 9.04. The number of rotatable bonds is 5. The highest BCUT2D eigenvalue weighted by Crippen LogP contribution is 1.92. The molecule has 5 heteroatoms. The van der Waals surface area contributed by atoms with Crippen LogP contribution in [0.1, 0.15) is 20.8 Å². The van der Waals surface area contributed by atoms with Crippen molar-refractivity contribution in [2.45, 2.75) is 26.8 Å². The van der Waals surface area contributed by atoms with Crippen LogP contribution in [0.4, 0.5) is 0 Å². The van der Waals surface area contributed by atoms with Crippen molar-refractivity contribution in [3.8, 4) is 0 Å². The van der Waals surface area contributed by atoms with E-state index in [2.05, 4.69) is 5.32 Å². The number of nitrogens with zero attached hydrogens (tertiary/aromatic N) is 1. The zero-order chi connectivity index (χ0) is 11.1. The van der Waals surface area contributed by atoms with Gasteiger partial charge in [-0.2, -0.15) is 0 Å². The van der Waals surface area contributed by atoms with Gasteiger partial charge in [-0.25, -0.2) is 0 Å². The molecule has 0 unspecified atom stereocenters. The van der Waals surface area contributed by atoms with Crippen LogP contribution in [0, 0.1) is 0 Å². The maximum absolute atomic E-state index is 11.4. The summed E-state index contributed by atoms with van der Waals surface area (Å²) in [5, 5.41) is 2.63. The van der Waals surface area contributed by atoms with E-state index in [1.54, 1.807) is 6.92 Å². The molecule has 0 radical (unpaired) electrons. The largest absolute Gasteiger partial charge is 0.355 e. The van der Waals surface area contributed by atoms with Gasteiger partial charge in [0, 0.05) is 13.1 Å². The van der Waals surface area contributed by atoms with E-state index < -0.39 is 6.04 Å². The number of carbonyl (C=O) groups excluding carboxylic acids is 2. The Hall–Kier alpha value is -1.10. The number of hydrogen-bond acceptors (Lipinski definition) is 3. The van der Waals surface area contributed by atoms with E-state index in [0.717, 1.165) is 0 Å². The minimum atomic E-state index is -0.552. The summed E-state index contributed by atoms with van der Waals surface area (Å²) in [6, 6.07) is -0.552. The molecular formula is C9H19N3O2. The van der Waals surface area contributed by atoms with Gasteiger partial charge in [0.05, 0.1) is 12.6 Å². The molecule has 14 heavy (non-hydrogen) atoms. The molecular weight excluding hydrogens is 182 g/mol. The zero-order valence-corrected chi connectivity index (χ0v) is 9.04. The van der Waals surface area contributed by atoms with Gasteiger partial charge in [0.25, 0.3) is 0 Å². The van der Waals surface area contributed by atoms with E-state index >= 15 is 0 Å². The topological polar surface area (TPSA) is 75.4 Å². The lowest BCUT2D eigenvalue weighted by atomic mass is 10.3. The second kappa shape index (κ2) is 6.37. The summed E-state index contributed by atoms with van der Waals surface area (Å²) < 4.78 is 0. The number of nitrogens with two attached hydrogens (primary N) is 1. The summed E-state index contributed by atoms with van der Waals surface area (Å²) in [4.78, 5) is 24.1. The Morgan fingerprint density at radius 1 is 1.43 bits per heavy atom. The summed E-state index contributed by atoms with van der Waals surface area (Å²) in [6.07, 6.45) is 0. The molecule has 82 valence electrons. The average Bonchev–Trinajstić information content (AvgIpc) is 2.13. The van der Waals surface area contributed by atoms with E-state index in [1.807, 2.05) is 13.8 Å². The summed E-state index contributed by atoms with van der Waals surface area (Å²) in [5.74, 6) is -0.345. The molecule has 3 N–H and O–H groups in total. The van der Waals surface area contributed by atoms with Gasteiger partial charge in [-0.1, -0.05) is 0 Å². The van der Waals surface area contributed by atoms with Crippen molar-refractivity contribution < 1.29 is 9.59 Å². The van der Waals surface area contributed by atoms with Gasteiger partial charge < -0.3 is 16.0 Å². The Balaban J connectivity index is 4.15. The van der Waals surface area contributed by atoms with Gasteiger partial charge in [0.15, 0.2) is 0 Å². The van der Waals surface area contributed by atoms with Crippen LogP contribution in [0.25, 0.3) is 0 Å². The Labute approximate surface area is 84.6 Å². The fourth-order valence-electron chi connectivity index (χ4n) is 1.06. The molecule has 0 saturated carbocycles. The Bertz CT molecular complexity index is 204. The lowest BCUT2D eigenvalue weighted by Crippen LogP contribution is -2.46. The molecule has 0 bridgehead atoms. The minimum Gasteiger partial charge on any atom is -0.355 e. The van der Waals surface area contributed by atoms with E-state index in [0.29, 0.717) is 13.1 Å². The highest BCUT2D eigenvalue weighted by molar-refractivity contribution is 5.87. The smallest absolute Gasteiger partial charge is 0.239 e. The van der Waals surface area contributed by atoms with Crippen LogP contribution in [-0.2, 0) is 9.59 Å². The van der Waals surface area contributed by atoms with Crippen molar-refractivity contribution in [1.29, 1.82) is 0 Å². The van der Waals surface area contributed by atoms with Crippen molar-refractivity contribution >= 4 is 11.8 Å². The number of likely N-dealkylation sites (N-methyl/N-ethyl adjacent to an activating group) is 2. The van der Waals surface area contributed by atoms with Crippen LogP contribution >= 0.6 is 0 Å². The fourth-order valence-corrected chi connectivity index (χ4v) is 1.06. The van der Waals surface area contributed by atoms with E-state index in [1.165, 1.54) is 4.90 Å². The maximum Gasteiger partial charge on any atom is 0.239 e. The van der Waals surface area contributed by atoms with Crippen molar-refractivity contribution in [3.63, 3.8) is 0 Å². The number of nitrogens with one attached hydrogen (secondary N) is 1. The van der Waals surface area contributed by atoms with Gasteiger partial charge in [0.1, 0.15) is 0 Å². The third kappa shape index (κ3) is 4.23. The summed E-state index contributed by atoms with van der Waals surface area (Å²) in [5.41, 5.74) is 5.44. The molecule has 0 aliphatic heterocycles. The maximum atomic E-state index is 11.4. The third-order valence-electron chi connectivity index (χ3n) is 1.79. The second-order valence-electron chi connectivity index (χ2n) is 3.09. The predicted octanol–water partition coefficient (Wildman–Crippen LogP) is -0.682. The molecule has 0 saturated heterocycles. The normalized spacial score (nSPS) is 12.0. The molecule has 0 rings (SSSR count). The fraction of sp³-hybridized carbons (Fsp3) is 0.778. The first-order valence-corrected chi connectivity index (χ1v) is 4.83. The van der Waals surface area contributed by atoms with Crippen molar-refractivity contribution in [2.75, 3.05) is 19.6 Å². The first-order valence-electron chi connectivity index (χ1n) is 4.83. The Kier molecular flexibility index (Phi) is 5.87. The molecule has 0 aliphatic carbocycles. The molecule has 0 aromatic rings. The molecule has 0 aromatic carbocycles. The van der Waals surface area contributed by atoms with Crippen LogP contribution in [0.2, 0.25) is 0 Å². The first kappa shape index (κ1) is 12.9. The Morgan fingerprint density at radius 2 is 2.00 bits per heavy atom. The summed E-state index contributed by atoms with van der Waals surface area (Å²) >= 11 is 0. The standard InChI is InChI=1S/C9H19N3O2/c1-4-11-8(13)6-12(5-2)9(14)7(3)10/h7H,4-6,10H2,1-3H3,(H,11,13)/t7-/m0/s1. The molecule has 0 aliphatic rings. The lowest BCUT2D eigenvalue weighted by molar-refractivity contribution is -0.136. The number of amides is 2. The van der Waals surface area contributed by atoms with E-state index in [-0.39, 0.29) is 18.4 Å². The van der Waals surface area contributed by atoms with E-state index in [9.17, 15) is 9.59 Å². The number of hydrogen-bond donors (Lipinski definition) is 2. The predicted molar refractivity (Wildman–Crippen MR) is 54.6 cm³/mol. The monoisotopic (exact) mass is 201 g/mol. The van der Waals surface area contributed by atoms with Crippen LogP contribution < -0.4 is 11.1 Å². The molecule has 0 spiro atoms. The van der Waals surface area contributed by atoms with Crippen LogP contribution in [0.3, 0.4) is 0 Å². The summed E-state index contributed by atoms with van der Waals surface area (Å²) in [7, 11) is 0. The van der Waals surface area contributed by atoms with Gasteiger partial charge in [-0.15, -0.1) is 0 Å². The van der Waals surface area contributed by atoms with Crippen LogP contribution in [0.5, 0.6) is 0 Å².